The molecule has 32 heavy (non-hydrogen) atoms. The zero-order valence-corrected chi connectivity index (χ0v) is 21.2. The number of amides is 1. The molecule has 2 aromatic carbocycles. The van der Waals surface area contributed by atoms with Gasteiger partial charge in [0.25, 0.3) is 5.91 Å². The highest BCUT2D eigenvalue weighted by atomic mass is 35.5. The zero-order chi connectivity index (χ0) is 22.8. The van der Waals surface area contributed by atoms with Crippen molar-refractivity contribution in [2.24, 2.45) is 0 Å². The first kappa shape index (κ1) is 26.1. The molecule has 0 unspecified atom stereocenters. The molecule has 0 saturated heterocycles. The molecule has 0 bridgehead atoms. The fraction of sp³-hybridized carbons (Fsp3) is 0.364. The van der Waals surface area contributed by atoms with Crippen molar-refractivity contribution in [3.8, 4) is 5.75 Å². The summed E-state index contributed by atoms with van der Waals surface area (Å²) in [5.74, 6) is 0.542. The molecule has 1 amide bonds. The largest absolute Gasteiger partial charge is 0.491 e. The number of fused-ring (bicyclic) bond motifs is 1. The Kier molecular flexibility index (Phi) is 8.64. The Morgan fingerprint density at radius 3 is 2.31 bits per heavy atom. The van der Waals surface area contributed by atoms with E-state index in [0.29, 0.717) is 35.1 Å². The van der Waals surface area contributed by atoms with Gasteiger partial charge in [0.15, 0.2) is 15.0 Å². The molecule has 0 fully saturated rings. The minimum absolute atomic E-state index is 0. The second-order valence-corrected chi connectivity index (χ2v) is 10.9. The molecule has 0 spiro atoms. The first-order valence-corrected chi connectivity index (χ1v) is 12.6. The van der Waals surface area contributed by atoms with Gasteiger partial charge in [0.2, 0.25) is 0 Å². The van der Waals surface area contributed by atoms with Gasteiger partial charge in [-0.1, -0.05) is 11.3 Å². The van der Waals surface area contributed by atoms with E-state index in [9.17, 15) is 13.2 Å². The van der Waals surface area contributed by atoms with Crippen LogP contribution in [-0.2, 0) is 9.84 Å². The van der Waals surface area contributed by atoms with Crippen LogP contribution in [0.1, 0.15) is 24.2 Å². The van der Waals surface area contributed by atoms with Crippen LogP contribution < -0.4 is 9.64 Å². The topological polar surface area (TPSA) is 79.8 Å². The third kappa shape index (κ3) is 6.41. The van der Waals surface area contributed by atoms with Crippen LogP contribution in [-0.4, -0.2) is 63.8 Å². The van der Waals surface area contributed by atoms with Gasteiger partial charge in [-0.3, -0.25) is 9.69 Å². The minimum atomic E-state index is -3.32. The first-order valence-electron chi connectivity index (χ1n) is 9.88. The van der Waals surface area contributed by atoms with Gasteiger partial charge in [0.1, 0.15) is 5.75 Å². The number of carbonyl (C=O) groups is 1. The van der Waals surface area contributed by atoms with Crippen LogP contribution in [0.5, 0.6) is 5.75 Å². The van der Waals surface area contributed by atoms with Crippen LogP contribution in [0.15, 0.2) is 47.4 Å². The Hall–Kier alpha value is -2.20. The van der Waals surface area contributed by atoms with E-state index >= 15 is 0 Å². The number of halogens is 1. The predicted octanol–water partition coefficient (Wildman–Crippen LogP) is 4.12. The Balaban J connectivity index is 0.00000363. The highest BCUT2D eigenvalue weighted by Crippen LogP contribution is 2.31. The molecule has 3 aromatic rings. The van der Waals surface area contributed by atoms with Crippen LogP contribution in [0.4, 0.5) is 5.13 Å². The molecule has 0 radical (unpaired) electrons. The number of ether oxygens (including phenoxy) is 1. The van der Waals surface area contributed by atoms with Crippen LogP contribution in [0.25, 0.3) is 10.2 Å². The first-order chi connectivity index (χ1) is 14.5. The lowest BCUT2D eigenvalue weighted by Gasteiger charge is -2.22. The number of hydrogen-bond donors (Lipinski definition) is 0. The number of carbonyl (C=O) groups excluding carboxylic acids is 1. The van der Waals surface area contributed by atoms with E-state index in [1.165, 1.54) is 17.6 Å². The van der Waals surface area contributed by atoms with E-state index in [2.05, 4.69) is 4.98 Å². The quantitative estimate of drug-likeness (QED) is 0.465. The number of likely N-dealkylation sites (N-methyl/N-ethyl adjacent to an activating group) is 1. The summed E-state index contributed by atoms with van der Waals surface area (Å²) in [7, 11) is 0.565. The van der Waals surface area contributed by atoms with E-state index in [0.717, 1.165) is 4.70 Å². The number of hydrogen-bond acceptors (Lipinski definition) is 7. The standard InChI is InChI=1S/C22H27N3O4S2.ClH/c1-15(2)29-17-8-6-16(7-9-17)21(26)25(13-12-24(3)4)22-23-19-11-10-18(31(5,27)28)14-20(19)30-22;/h6-11,14-15H,12-13H2,1-5H3;1H. The summed E-state index contributed by atoms with van der Waals surface area (Å²) in [6.45, 7) is 5.01. The van der Waals surface area contributed by atoms with Gasteiger partial charge in [-0.2, -0.15) is 0 Å². The second kappa shape index (κ2) is 10.6. The molecule has 7 nitrogen and oxygen atoms in total. The Morgan fingerprint density at radius 1 is 1.09 bits per heavy atom. The average Bonchev–Trinajstić information content (AvgIpc) is 3.10. The van der Waals surface area contributed by atoms with Gasteiger partial charge >= 0.3 is 0 Å². The highest BCUT2D eigenvalue weighted by molar-refractivity contribution is 7.90. The number of nitrogens with zero attached hydrogens (tertiary/aromatic N) is 3. The van der Waals surface area contributed by atoms with E-state index in [1.54, 1.807) is 47.4 Å². The van der Waals surface area contributed by atoms with Crippen molar-refractivity contribution in [3.05, 3.63) is 48.0 Å². The molecule has 0 N–H and O–H groups in total. The molecular weight excluding hydrogens is 470 g/mol. The van der Waals surface area contributed by atoms with Gasteiger partial charge < -0.3 is 9.64 Å². The molecule has 174 valence electrons. The Bertz CT molecular complexity index is 1180. The molecule has 10 heteroatoms. The van der Waals surface area contributed by atoms with Crippen LogP contribution >= 0.6 is 23.7 Å². The predicted molar refractivity (Wildman–Crippen MR) is 132 cm³/mol. The Labute approximate surface area is 199 Å². The van der Waals surface area contributed by atoms with E-state index in [-0.39, 0.29) is 29.3 Å². The lowest BCUT2D eigenvalue weighted by molar-refractivity contribution is 0.0985. The van der Waals surface area contributed by atoms with E-state index in [4.69, 9.17) is 4.74 Å². The fourth-order valence-electron chi connectivity index (χ4n) is 2.93. The average molecular weight is 498 g/mol. The summed E-state index contributed by atoms with van der Waals surface area (Å²) >= 11 is 1.31. The van der Waals surface area contributed by atoms with Crippen LogP contribution in [0.2, 0.25) is 0 Å². The van der Waals surface area contributed by atoms with Gasteiger partial charge in [0, 0.05) is 24.9 Å². The van der Waals surface area contributed by atoms with Crippen molar-refractivity contribution in [1.82, 2.24) is 9.88 Å². The fourth-order valence-corrected chi connectivity index (χ4v) is 4.68. The summed E-state index contributed by atoms with van der Waals surface area (Å²) in [4.78, 5) is 21.8. The summed E-state index contributed by atoms with van der Waals surface area (Å²) in [5, 5.41) is 0.537. The monoisotopic (exact) mass is 497 g/mol. The smallest absolute Gasteiger partial charge is 0.260 e. The number of aromatic nitrogens is 1. The summed E-state index contributed by atoms with van der Waals surface area (Å²) in [6, 6.07) is 11.9. The van der Waals surface area contributed by atoms with Crippen molar-refractivity contribution in [1.29, 1.82) is 0 Å². The zero-order valence-electron chi connectivity index (χ0n) is 18.7. The van der Waals surface area contributed by atoms with Crippen molar-refractivity contribution in [2.45, 2.75) is 24.8 Å². The van der Waals surface area contributed by atoms with Crippen molar-refractivity contribution in [3.63, 3.8) is 0 Å². The maximum Gasteiger partial charge on any atom is 0.260 e. The van der Waals surface area contributed by atoms with Gasteiger partial charge in [-0.25, -0.2) is 13.4 Å². The van der Waals surface area contributed by atoms with E-state index < -0.39 is 9.84 Å². The van der Waals surface area contributed by atoms with Gasteiger partial charge in [0.05, 0.1) is 21.2 Å². The normalized spacial score (nSPS) is 11.6. The van der Waals surface area contributed by atoms with Crippen LogP contribution in [0, 0.1) is 0 Å². The maximum absolute atomic E-state index is 13.3. The Morgan fingerprint density at radius 2 is 1.75 bits per heavy atom. The lowest BCUT2D eigenvalue weighted by Crippen LogP contribution is -2.36. The summed E-state index contributed by atoms with van der Waals surface area (Å²) < 4.78 is 30.2. The van der Waals surface area contributed by atoms with Crippen molar-refractivity contribution >= 4 is 54.8 Å². The van der Waals surface area contributed by atoms with E-state index in [1.807, 2.05) is 32.8 Å². The number of rotatable bonds is 8. The molecule has 0 aliphatic rings. The molecule has 1 aromatic heterocycles. The molecule has 0 aliphatic heterocycles. The molecule has 0 saturated carbocycles. The van der Waals surface area contributed by atoms with Gasteiger partial charge in [-0.15, -0.1) is 12.4 Å². The number of thiazole rings is 1. The van der Waals surface area contributed by atoms with Gasteiger partial charge in [-0.05, 0) is 70.4 Å². The third-order valence-electron chi connectivity index (χ3n) is 4.50. The minimum Gasteiger partial charge on any atom is -0.491 e. The second-order valence-electron chi connectivity index (χ2n) is 7.85. The molecule has 3 rings (SSSR count). The third-order valence-corrected chi connectivity index (χ3v) is 6.65. The summed E-state index contributed by atoms with van der Waals surface area (Å²) in [5.41, 5.74) is 1.20. The highest BCUT2D eigenvalue weighted by Gasteiger charge is 2.22. The molecule has 1 heterocycles. The number of sulfone groups is 1. The number of benzene rings is 2. The molecular formula is C22H28ClN3O4S2. The summed E-state index contributed by atoms with van der Waals surface area (Å²) in [6.07, 6.45) is 1.23. The molecule has 0 atom stereocenters. The lowest BCUT2D eigenvalue weighted by atomic mass is 10.2. The molecule has 0 aliphatic carbocycles. The van der Waals surface area contributed by atoms with Crippen molar-refractivity contribution < 1.29 is 17.9 Å². The van der Waals surface area contributed by atoms with Crippen LogP contribution in [0.3, 0.4) is 0 Å². The maximum atomic E-state index is 13.3. The van der Waals surface area contributed by atoms with Crippen molar-refractivity contribution in [2.75, 3.05) is 38.3 Å². The number of anilines is 1. The SMILES string of the molecule is CC(C)Oc1ccc(C(=O)N(CCN(C)C)c2nc3ccc(S(C)(=O)=O)cc3s2)cc1.Cl.